The molecule has 1 N–H and O–H groups in total. The molecule has 6 nitrogen and oxygen atoms in total. The Kier molecular flexibility index (Phi) is 7.22. The standard InChI is InChI=1S/C16H23NO5S/c1-4-23(20,21)14-8-6-5-7-13(14)16(19)22-11-15(18)17-10-9-12(2)3/h5-8,12H,4,9-11H2,1-3H3,(H,17,18). The van der Waals surface area contributed by atoms with Crippen LogP contribution in [0.5, 0.6) is 0 Å². The van der Waals surface area contributed by atoms with Crippen LogP contribution in [0.1, 0.15) is 37.6 Å². The van der Waals surface area contributed by atoms with Crippen molar-refractivity contribution < 1.29 is 22.7 Å². The number of hydrogen-bond donors (Lipinski definition) is 1. The fourth-order valence-corrected chi connectivity index (χ4v) is 2.91. The maximum atomic E-state index is 12.0. The van der Waals surface area contributed by atoms with Gasteiger partial charge in [-0.05, 0) is 24.5 Å². The van der Waals surface area contributed by atoms with Gasteiger partial charge in [0.25, 0.3) is 5.91 Å². The average Bonchev–Trinajstić information content (AvgIpc) is 2.52. The zero-order valence-electron chi connectivity index (χ0n) is 13.7. The highest BCUT2D eigenvalue weighted by molar-refractivity contribution is 7.91. The van der Waals surface area contributed by atoms with Gasteiger partial charge in [0.2, 0.25) is 0 Å². The topological polar surface area (TPSA) is 89.5 Å². The number of nitrogens with one attached hydrogen (secondary N) is 1. The van der Waals surface area contributed by atoms with E-state index in [4.69, 9.17) is 4.74 Å². The number of hydrogen-bond acceptors (Lipinski definition) is 5. The Bertz CT molecular complexity index is 652. The summed E-state index contributed by atoms with van der Waals surface area (Å²) < 4.78 is 28.9. The van der Waals surface area contributed by atoms with Crippen molar-refractivity contribution in [1.29, 1.82) is 0 Å². The van der Waals surface area contributed by atoms with Crippen LogP contribution in [0.4, 0.5) is 0 Å². The monoisotopic (exact) mass is 341 g/mol. The van der Waals surface area contributed by atoms with Gasteiger partial charge < -0.3 is 10.1 Å². The largest absolute Gasteiger partial charge is 0.452 e. The van der Waals surface area contributed by atoms with Crippen LogP contribution in [-0.4, -0.2) is 39.2 Å². The third kappa shape index (κ3) is 6.02. The van der Waals surface area contributed by atoms with Crippen molar-refractivity contribution in [2.75, 3.05) is 18.9 Å². The molecule has 0 bridgehead atoms. The van der Waals surface area contributed by atoms with Crippen molar-refractivity contribution >= 4 is 21.7 Å². The van der Waals surface area contributed by atoms with E-state index in [1.165, 1.54) is 25.1 Å². The van der Waals surface area contributed by atoms with Gasteiger partial charge in [-0.1, -0.05) is 32.9 Å². The minimum atomic E-state index is -3.54. The van der Waals surface area contributed by atoms with E-state index in [-0.39, 0.29) is 16.2 Å². The third-order valence-corrected chi connectivity index (χ3v) is 4.99. The third-order valence-electron chi connectivity index (χ3n) is 3.20. The lowest BCUT2D eigenvalue weighted by molar-refractivity contribution is -0.124. The van der Waals surface area contributed by atoms with E-state index in [1.54, 1.807) is 6.07 Å². The van der Waals surface area contributed by atoms with Crippen molar-refractivity contribution in [2.24, 2.45) is 5.92 Å². The van der Waals surface area contributed by atoms with Gasteiger partial charge in [0, 0.05) is 6.54 Å². The summed E-state index contributed by atoms with van der Waals surface area (Å²) in [6, 6.07) is 5.83. The Morgan fingerprint density at radius 3 is 2.48 bits per heavy atom. The molecule has 128 valence electrons. The van der Waals surface area contributed by atoms with E-state index >= 15 is 0 Å². The zero-order chi connectivity index (χ0) is 17.5. The number of carbonyl (C=O) groups excluding carboxylic acids is 2. The molecule has 0 aromatic heterocycles. The molecule has 0 heterocycles. The van der Waals surface area contributed by atoms with Gasteiger partial charge in [0.15, 0.2) is 16.4 Å². The van der Waals surface area contributed by atoms with Crippen LogP contribution < -0.4 is 5.32 Å². The predicted molar refractivity (Wildman–Crippen MR) is 86.9 cm³/mol. The second-order valence-electron chi connectivity index (χ2n) is 5.51. The van der Waals surface area contributed by atoms with Crippen molar-refractivity contribution in [1.82, 2.24) is 5.32 Å². The molecule has 0 aliphatic carbocycles. The Hall–Kier alpha value is -1.89. The number of esters is 1. The lowest BCUT2D eigenvalue weighted by atomic mass is 10.1. The lowest BCUT2D eigenvalue weighted by Crippen LogP contribution is -2.30. The molecule has 23 heavy (non-hydrogen) atoms. The molecular formula is C16H23NO5S. The number of ether oxygens (including phenoxy) is 1. The average molecular weight is 341 g/mol. The van der Waals surface area contributed by atoms with E-state index in [0.29, 0.717) is 12.5 Å². The summed E-state index contributed by atoms with van der Waals surface area (Å²) in [7, 11) is -3.54. The highest BCUT2D eigenvalue weighted by atomic mass is 32.2. The van der Waals surface area contributed by atoms with Crippen LogP contribution in [0.3, 0.4) is 0 Å². The highest BCUT2D eigenvalue weighted by Gasteiger charge is 2.22. The molecule has 0 spiro atoms. The molecule has 0 fully saturated rings. The van der Waals surface area contributed by atoms with Crippen LogP contribution in [0.2, 0.25) is 0 Å². The summed E-state index contributed by atoms with van der Waals surface area (Å²) in [5.41, 5.74) is -0.0515. The fraction of sp³-hybridized carbons (Fsp3) is 0.500. The first-order valence-electron chi connectivity index (χ1n) is 7.53. The Balaban J connectivity index is 2.68. The Morgan fingerprint density at radius 2 is 1.87 bits per heavy atom. The second kappa shape index (κ2) is 8.67. The van der Waals surface area contributed by atoms with E-state index in [1.807, 2.05) is 13.8 Å². The SMILES string of the molecule is CCS(=O)(=O)c1ccccc1C(=O)OCC(=O)NCCC(C)C. The van der Waals surface area contributed by atoms with Gasteiger partial charge in [0.05, 0.1) is 16.2 Å². The first kappa shape index (κ1) is 19.2. The summed E-state index contributed by atoms with van der Waals surface area (Å²) in [5.74, 6) is -0.886. The van der Waals surface area contributed by atoms with Gasteiger partial charge in [0.1, 0.15) is 0 Å². The lowest BCUT2D eigenvalue weighted by Gasteiger charge is -2.10. The Morgan fingerprint density at radius 1 is 1.22 bits per heavy atom. The van der Waals surface area contributed by atoms with E-state index in [0.717, 1.165) is 6.42 Å². The van der Waals surface area contributed by atoms with Crippen molar-refractivity contribution in [3.05, 3.63) is 29.8 Å². The quantitative estimate of drug-likeness (QED) is 0.728. The molecule has 1 aromatic rings. The van der Waals surface area contributed by atoms with Crippen LogP contribution in [-0.2, 0) is 19.4 Å². The van der Waals surface area contributed by atoms with Crippen molar-refractivity contribution in [2.45, 2.75) is 32.1 Å². The minimum Gasteiger partial charge on any atom is -0.452 e. The highest BCUT2D eigenvalue weighted by Crippen LogP contribution is 2.17. The van der Waals surface area contributed by atoms with Gasteiger partial charge in [-0.25, -0.2) is 13.2 Å². The van der Waals surface area contributed by atoms with Gasteiger partial charge in [-0.3, -0.25) is 4.79 Å². The second-order valence-corrected chi connectivity index (χ2v) is 7.75. The number of carbonyl (C=O) groups is 2. The van der Waals surface area contributed by atoms with Crippen molar-refractivity contribution in [3.63, 3.8) is 0 Å². The molecule has 0 saturated carbocycles. The molecule has 0 aliphatic rings. The molecule has 7 heteroatoms. The van der Waals surface area contributed by atoms with Crippen LogP contribution >= 0.6 is 0 Å². The maximum Gasteiger partial charge on any atom is 0.339 e. The number of sulfone groups is 1. The van der Waals surface area contributed by atoms with Crippen molar-refractivity contribution in [3.8, 4) is 0 Å². The summed E-state index contributed by atoms with van der Waals surface area (Å²) in [4.78, 5) is 23.6. The van der Waals surface area contributed by atoms with E-state index < -0.39 is 28.3 Å². The van der Waals surface area contributed by atoms with E-state index in [2.05, 4.69) is 5.32 Å². The maximum absolute atomic E-state index is 12.0. The fourth-order valence-electron chi connectivity index (χ4n) is 1.82. The summed E-state index contributed by atoms with van der Waals surface area (Å²) in [6.07, 6.45) is 0.831. The molecule has 1 amide bonds. The summed E-state index contributed by atoms with van der Waals surface area (Å²) >= 11 is 0. The molecule has 0 aliphatic heterocycles. The zero-order valence-corrected chi connectivity index (χ0v) is 14.5. The number of benzene rings is 1. The first-order chi connectivity index (χ1) is 10.8. The normalized spacial score (nSPS) is 11.3. The molecule has 1 aromatic carbocycles. The molecule has 1 rings (SSSR count). The summed E-state index contributed by atoms with van der Waals surface area (Å²) in [6.45, 7) is 5.65. The number of amides is 1. The Labute approximate surface area is 137 Å². The number of rotatable bonds is 8. The smallest absolute Gasteiger partial charge is 0.339 e. The summed E-state index contributed by atoms with van der Waals surface area (Å²) in [5, 5.41) is 2.64. The van der Waals surface area contributed by atoms with Crippen LogP contribution in [0, 0.1) is 5.92 Å². The van der Waals surface area contributed by atoms with Gasteiger partial charge in [-0.2, -0.15) is 0 Å². The minimum absolute atomic E-state index is 0.0515. The first-order valence-corrected chi connectivity index (χ1v) is 9.18. The van der Waals surface area contributed by atoms with E-state index in [9.17, 15) is 18.0 Å². The molecule has 0 atom stereocenters. The van der Waals surface area contributed by atoms with Gasteiger partial charge in [-0.15, -0.1) is 0 Å². The van der Waals surface area contributed by atoms with Crippen LogP contribution in [0.15, 0.2) is 29.2 Å². The predicted octanol–water partition coefficient (Wildman–Crippen LogP) is 1.80. The molecule has 0 radical (unpaired) electrons. The molecule has 0 saturated heterocycles. The van der Waals surface area contributed by atoms with Gasteiger partial charge >= 0.3 is 5.97 Å². The molecule has 0 unspecified atom stereocenters. The van der Waals surface area contributed by atoms with Crippen LogP contribution in [0.25, 0.3) is 0 Å². The molecular weight excluding hydrogens is 318 g/mol.